The third-order valence-corrected chi connectivity index (χ3v) is 5.63. The van der Waals surface area contributed by atoms with E-state index in [2.05, 4.69) is 44.7 Å². The molecule has 7 nitrogen and oxygen atoms in total. The summed E-state index contributed by atoms with van der Waals surface area (Å²) < 4.78 is 5.25. The summed E-state index contributed by atoms with van der Waals surface area (Å²) in [5, 5.41) is 14.6. The van der Waals surface area contributed by atoms with Crippen LogP contribution in [0.1, 0.15) is 23.6 Å². The second-order valence-electron chi connectivity index (χ2n) is 7.53. The Morgan fingerprint density at radius 1 is 1.03 bits per heavy atom. The topological polar surface area (TPSA) is 64.8 Å². The minimum absolute atomic E-state index is 0.0903. The third-order valence-electron chi connectivity index (χ3n) is 5.42. The van der Waals surface area contributed by atoms with Crippen LogP contribution in [0.25, 0.3) is 0 Å². The number of hydrogen-bond acceptors (Lipinski definition) is 5. The zero-order valence-electron chi connectivity index (χ0n) is 17.3. The first kappa shape index (κ1) is 20.4. The van der Waals surface area contributed by atoms with Crippen molar-refractivity contribution in [3.8, 4) is 5.75 Å². The Labute approximate surface area is 182 Å². The fraction of sp³-hybridized carbons (Fsp3) is 0.364. The normalized spacial score (nSPS) is 20.2. The molecule has 0 bridgehead atoms. The number of rotatable bonds is 5. The minimum Gasteiger partial charge on any atom is -0.497 e. The highest BCUT2D eigenvalue weighted by molar-refractivity contribution is 7.80. The Bertz CT molecular complexity index is 933. The Morgan fingerprint density at radius 3 is 2.40 bits per heavy atom. The molecule has 1 atom stereocenters. The van der Waals surface area contributed by atoms with Gasteiger partial charge in [0.05, 0.1) is 37.6 Å². The number of nitrogens with one attached hydrogen (secondary N) is 1. The number of hydrogen-bond donors (Lipinski definition) is 1. The fourth-order valence-corrected chi connectivity index (χ4v) is 3.79. The van der Waals surface area contributed by atoms with Crippen molar-refractivity contribution in [2.24, 2.45) is 15.3 Å². The lowest BCUT2D eigenvalue weighted by atomic mass is 9.96. The van der Waals surface area contributed by atoms with Gasteiger partial charge < -0.3 is 15.0 Å². The van der Waals surface area contributed by atoms with Crippen LogP contribution in [0.3, 0.4) is 0 Å². The largest absolute Gasteiger partial charge is 0.497 e. The van der Waals surface area contributed by atoms with Crippen LogP contribution in [0.4, 0.5) is 5.69 Å². The number of piperazine rings is 1. The molecule has 0 amide bonds. The number of aliphatic imine (C=N–C) groups is 1. The molecule has 0 saturated carbocycles. The molecule has 156 valence electrons. The highest BCUT2D eigenvalue weighted by atomic mass is 32.1. The first-order valence-electron chi connectivity index (χ1n) is 10.1. The molecule has 0 aliphatic carbocycles. The molecule has 1 fully saturated rings. The summed E-state index contributed by atoms with van der Waals surface area (Å²) in [5.74, 6) is 0.840. The number of likely N-dealkylation sites (N-methyl/N-ethyl adjacent to an activating group) is 1. The molecule has 1 saturated heterocycles. The summed E-state index contributed by atoms with van der Waals surface area (Å²) >= 11 is 5.39. The number of benzene rings is 2. The van der Waals surface area contributed by atoms with Crippen molar-refractivity contribution in [3.05, 3.63) is 59.7 Å². The lowest BCUT2D eigenvalue weighted by Gasteiger charge is -2.29. The van der Waals surface area contributed by atoms with Crippen molar-refractivity contribution in [1.29, 1.82) is 0 Å². The van der Waals surface area contributed by atoms with E-state index in [0.29, 0.717) is 5.11 Å². The Hall–Kier alpha value is -2.84. The summed E-state index contributed by atoms with van der Waals surface area (Å²) in [5.41, 5.74) is 4.02. The van der Waals surface area contributed by atoms with Crippen molar-refractivity contribution < 1.29 is 4.74 Å². The van der Waals surface area contributed by atoms with Gasteiger partial charge in [0, 0.05) is 19.5 Å². The van der Waals surface area contributed by atoms with Crippen LogP contribution in [0.2, 0.25) is 0 Å². The Balaban J connectivity index is 1.43. The van der Waals surface area contributed by atoms with Gasteiger partial charge in [-0.2, -0.15) is 0 Å². The van der Waals surface area contributed by atoms with Gasteiger partial charge in [-0.15, -0.1) is 5.11 Å². The maximum absolute atomic E-state index is 5.39. The molecule has 0 radical (unpaired) electrons. The first-order chi connectivity index (χ1) is 14.6. The predicted octanol–water partition coefficient (Wildman–Crippen LogP) is 3.75. The van der Waals surface area contributed by atoms with E-state index in [1.54, 1.807) is 7.11 Å². The first-order valence-corrected chi connectivity index (χ1v) is 10.5. The highest BCUT2D eigenvalue weighted by Crippen LogP contribution is 2.26. The van der Waals surface area contributed by atoms with Gasteiger partial charge in [0.1, 0.15) is 5.75 Å². The van der Waals surface area contributed by atoms with Crippen molar-refractivity contribution >= 4 is 28.7 Å². The van der Waals surface area contributed by atoms with Crippen LogP contribution in [0, 0.1) is 0 Å². The average molecular weight is 423 g/mol. The molecule has 2 aliphatic rings. The van der Waals surface area contributed by atoms with E-state index in [9.17, 15) is 0 Å². The van der Waals surface area contributed by atoms with Crippen LogP contribution in [-0.4, -0.2) is 61.1 Å². The predicted molar refractivity (Wildman–Crippen MR) is 123 cm³/mol. The van der Waals surface area contributed by atoms with Crippen LogP contribution >= 0.6 is 12.2 Å². The van der Waals surface area contributed by atoms with Gasteiger partial charge >= 0.3 is 0 Å². The van der Waals surface area contributed by atoms with Crippen LogP contribution in [-0.2, 0) is 0 Å². The lowest BCUT2D eigenvalue weighted by molar-refractivity contribution is 0.150. The van der Waals surface area contributed by atoms with Crippen molar-refractivity contribution in [3.63, 3.8) is 0 Å². The van der Waals surface area contributed by atoms with E-state index in [-0.39, 0.29) is 6.04 Å². The molecule has 2 aromatic carbocycles. The summed E-state index contributed by atoms with van der Waals surface area (Å²) in [6.45, 7) is 3.85. The van der Waals surface area contributed by atoms with Crippen molar-refractivity contribution in [2.45, 2.75) is 12.5 Å². The molecule has 2 aromatic rings. The van der Waals surface area contributed by atoms with Crippen LogP contribution in [0.15, 0.2) is 63.9 Å². The summed E-state index contributed by atoms with van der Waals surface area (Å²) in [7, 11) is 3.80. The zero-order chi connectivity index (χ0) is 20.9. The van der Waals surface area contributed by atoms with E-state index < -0.39 is 0 Å². The average Bonchev–Trinajstić information content (AvgIpc) is 2.79. The number of ether oxygens (including phenoxy) is 1. The van der Waals surface area contributed by atoms with Gasteiger partial charge in [-0.25, -0.2) is 4.99 Å². The maximum Gasteiger partial charge on any atom is 0.193 e. The molecule has 8 heteroatoms. The van der Waals surface area contributed by atoms with Crippen molar-refractivity contribution in [2.75, 3.05) is 40.3 Å². The Morgan fingerprint density at radius 2 is 1.73 bits per heavy atom. The van der Waals surface area contributed by atoms with Crippen molar-refractivity contribution in [1.82, 2.24) is 15.2 Å². The summed E-state index contributed by atoms with van der Waals surface area (Å²) in [6.07, 6.45) is 0.759. The fourth-order valence-electron chi connectivity index (χ4n) is 3.53. The molecule has 1 unspecified atom stereocenters. The molecule has 0 aromatic heterocycles. The lowest BCUT2D eigenvalue weighted by Crippen LogP contribution is -2.41. The second-order valence-corrected chi connectivity index (χ2v) is 7.92. The highest BCUT2D eigenvalue weighted by Gasteiger charge is 2.21. The van der Waals surface area contributed by atoms with Crippen LogP contribution in [0.5, 0.6) is 5.75 Å². The van der Waals surface area contributed by atoms with E-state index in [1.165, 1.54) is 0 Å². The smallest absolute Gasteiger partial charge is 0.193 e. The third kappa shape index (κ3) is 5.01. The van der Waals surface area contributed by atoms with Gasteiger partial charge in [-0.1, -0.05) is 29.5 Å². The van der Waals surface area contributed by atoms with E-state index >= 15 is 0 Å². The SMILES string of the molecule is COc1ccc(C2CC(c3ccc(N=NN4CCN(C)CC4)cc3)=NC(=S)N2)cc1. The standard InChI is InChI=1S/C22H26N6OS/c1-27-11-13-28(14-12-27)26-25-18-7-3-16(4-8-18)20-15-21(24-22(30)23-20)17-5-9-19(29-2)10-6-17/h3-10,21H,11-15H2,1-2H3,(H,24,30). The number of methoxy groups -OCH3 is 1. The molecule has 2 heterocycles. The van der Waals surface area contributed by atoms with Gasteiger partial charge in [0.15, 0.2) is 5.11 Å². The quantitative estimate of drug-likeness (QED) is 0.587. The molecule has 4 rings (SSSR count). The monoisotopic (exact) mass is 422 g/mol. The van der Waals surface area contributed by atoms with Gasteiger partial charge in [-0.05, 0) is 54.7 Å². The maximum atomic E-state index is 5.39. The number of nitrogens with zero attached hydrogens (tertiary/aromatic N) is 5. The second kappa shape index (κ2) is 9.32. The van der Waals surface area contributed by atoms with E-state index in [4.69, 9.17) is 17.0 Å². The minimum atomic E-state index is 0.0903. The number of thiocarbonyl (C=S) groups is 1. The summed E-state index contributed by atoms with van der Waals surface area (Å²) in [4.78, 5) is 6.86. The zero-order valence-corrected chi connectivity index (χ0v) is 18.1. The summed E-state index contributed by atoms with van der Waals surface area (Å²) in [6, 6.07) is 16.2. The Kier molecular flexibility index (Phi) is 6.35. The molecule has 1 N–H and O–H groups in total. The molecule has 2 aliphatic heterocycles. The van der Waals surface area contributed by atoms with Gasteiger partial charge in [0.25, 0.3) is 0 Å². The molecular formula is C22H26N6OS. The van der Waals surface area contributed by atoms with E-state index in [0.717, 1.165) is 60.9 Å². The van der Waals surface area contributed by atoms with Gasteiger partial charge in [-0.3, -0.25) is 5.01 Å². The van der Waals surface area contributed by atoms with Gasteiger partial charge in [0.2, 0.25) is 0 Å². The van der Waals surface area contributed by atoms with Crippen LogP contribution < -0.4 is 10.1 Å². The molecule has 0 spiro atoms. The molecular weight excluding hydrogens is 396 g/mol. The van der Waals surface area contributed by atoms with E-state index in [1.807, 2.05) is 41.4 Å². The molecule has 30 heavy (non-hydrogen) atoms.